The lowest BCUT2D eigenvalue weighted by atomic mass is 10.0. The van der Waals surface area contributed by atoms with E-state index in [-0.39, 0.29) is 11.3 Å². The largest absolute Gasteiger partial charge is 0.450 e. The lowest BCUT2D eigenvalue weighted by Gasteiger charge is -2.15. The van der Waals surface area contributed by atoms with E-state index in [2.05, 4.69) is 6.58 Å². The second-order valence-corrected chi connectivity index (χ2v) is 4.57. The normalized spacial score (nSPS) is 11.5. The summed E-state index contributed by atoms with van der Waals surface area (Å²) in [5.74, 6) is -0.702. The molecule has 2 aromatic rings. The summed E-state index contributed by atoms with van der Waals surface area (Å²) in [6, 6.07) is 16.0. The Kier molecular flexibility index (Phi) is 4.67. The molecule has 0 aliphatic rings. The van der Waals surface area contributed by atoms with Gasteiger partial charge in [-0.2, -0.15) is 0 Å². The number of ketones is 1. The average Bonchev–Trinajstić information content (AvgIpc) is 2.53. The zero-order valence-corrected chi connectivity index (χ0v) is 11.8. The van der Waals surface area contributed by atoms with Gasteiger partial charge in [0.1, 0.15) is 6.10 Å². The molecule has 106 valence electrons. The van der Waals surface area contributed by atoms with Crippen LogP contribution in [0.3, 0.4) is 0 Å². The molecule has 0 saturated carbocycles. The Bertz CT molecular complexity index is 659. The molecule has 0 N–H and O–H groups in total. The van der Waals surface area contributed by atoms with Crippen LogP contribution < -0.4 is 0 Å². The van der Waals surface area contributed by atoms with Crippen molar-refractivity contribution in [2.75, 3.05) is 0 Å². The number of esters is 1. The summed E-state index contributed by atoms with van der Waals surface area (Å²) in [6.07, 6.45) is 1.02. The van der Waals surface area contributed by atoms with Gasteiger partial charge < -0.3 is 4.74 Å². The van der Waals surface area contributed by atoms with Crippen LogP contribution in [0, 0.1) is 0 Å². The molecule has 3 heteroatoms. The first kappa shape index (κ1) is 14.7. The van der Waals surface area contributed by atoms with Crippen LogP contribution in [0.4, 0.5) is 0 Å². The Morgan fingerprint density at radius 2 is 1.57 bits per heavy atom. The number of hydrogen-bond acceptors (Lipinski definition) is 3. The quantitative estimate of drug-likeness (QED) is 0.473. The van der Waals surface area contributed by atoms with Gasteiger partial charge in [-0.05, 0) is 24.6 Å². The summed E-state index contributed by atoms with van der Waals surface area (Å²) in [4.78, 5) is 23.9. The molecule has 0 fully saturated rings. The molecule has 2 rings (SSSR count). The van der Waals surface area contributed by atoms with Crippen LogP contribution in [0.5, 0.6) is 0 Å². The molecule has 0 aliphatic carbocycles. The van der Waals surface area contributed by atoms with Crippen molar-refractivity contribution in [1.29, 1.82) is 0 Å². The molecule has 0 radical (unpaired) electrons. The summed E-state index contributed by atoms with van der Waals surface area (Å²) in [7, 11) is 0. The van der Waals surface area contributed by atoms with Crippen LogP contribution in [0.15, 0.2) is 67.3 Å². The molecular formula is C18H16O3. The van der Waals surface area contributed by atoms with E-state index in [1.54, 1.807) is 30.3 Å². The molecule has 2 aromatic carbocycles. The molecule has 21 heavy (non-hydrogen) atoms. The van der Waals surface area contributed by atoms with Gasteiger partial charge >= 0.3 is 5.97 Å². The first-order chi connectivity index (χ1) is 10.1. The Hall–Kier alpha value is -2.68. The van der Waals surface area contributed by atoms with E-state index in [9.17, 15) is 9.59 Å². The smallest absolute Gasteiger partial charge is 0.339 e. The van der Waals surface area contributed by atoms with Gasteiger partial charge in [-0.15, -0.1) is 0 Å². The monoisotopic (exact) mass is 280 g/mol. The molecule has 3 nitrogen and oxygen atoms in total. The maximum Gasteiger partial charge on any atom is 0.339 e. The van der Waals surface area contributed by atoms with Crippen molar-refractivity contribution in [3.8, 4) is 0 Å². The van der Waals surface area contributed by atoms with Gasteiger partial charge in [0.15, 0.2) is 5.78 Å². The minimum Gasteiger partial charge on any atom is -0.450 e. The summed E-state index contributed by atoms with van der Waals surface area (Å²) >= 11 is 0. The van der Waals surface area contributed by atoms with Crippen molar-refractivity contribution >= 4 is 11.8 Å². The highest BCUT2D eigenvalue weighted by molar-refractivity contribution is 6.05. The fourth-order valence-electron chi connectivity index (χ4n) is 2.04. The summed E-state index contributed by atoms with van der Waals surface area (Å²) in [5.41, 5.74) is 1.47. The zero-order valence-electron chi connectivity index (χ0n) is 11.8. The van der Waals surface area contributed by atoms with Gasteiger partial charge in [0.05, 0.1) is 5.56 Å². The lowest BCUT2D eigenvalue weighted by Crippen LogP contribution is -2.13. The molecule has 0 heterocycles. The molecule has 0 spiro atoms. The summed E-state index contributed by atoms with van der Waals surface area (Å²) < 4.78 is 5.45. The van der Waals surface area contributed by atoms with Crippen molar-refractivity contribution in [2.24, 2.45) is 0 Å². The zero-order chi connectivity index (χ0) is 15.2. The Labute approximate surface area is 123 Å². The van der Waals surface area contributed by atoms with Gasteiger partial charge in [0.2, 0.25) is 0 Å². The van der Waals surface area contributed by atoms with Crippen LogP contribution in [0.1, 0.15) is 39.3 Å². The highest BCUT2D eigenvalue weighted by Crippen LogP contribution is 2.21. The Morgan fingerprint density at radius 1 is 1.00 bits per heavy atom. The number of rotatable bonds is 5. The number of Topliss-reactive ketones (excluding diaryl/α,β-unsaturated/α-hetero) is 1. The first-order valence-electron chi connectivity index (χ1n) is 6.62. The van der Waals surface area contributed by atoms with E-state index >= 15 is 0 Å². The fourth-order valence-corrected chi connectivity index (χ4v) is 2.04. The van der Waals surface area contributed by atoms with Crippen molar-refractivity contribution in [3.05, 3.63) is 83.9 Å². The number of benzene rings is 2. The standard InChI is InChI=1S/C18H16O3/c1-3-17(14-9-5-4-6-10-14)21-18(20)16-12-8-7-11-15(16)13(2)19/h3-12,17H,1H2,2H3. The molecular weight excluding hydrogens is 264 g/mol. The number of carbonyl (C=O) groups excluding carboxylic acids is 2. The van der Waals surface area contributed by atoms with Crippen molar-refractivity contribution in [1.82, 2.24) is 0 Å². The number of hydrogen-bond donors (Lipinski definition) is 0. The first-order valence-corrected chi connectivity index (χ1v) is 6.62. The van der Waals surface area contributed by atoms with E-state index in [1.165, 1.54) is 6.92 Å². The van der Waals surface area contributed by atoms with E-state index in [4.69, 9.17) is 4.74 Å². The van der Waals surface area contributed by atoms with Crippen molar-refractivity contribution in [3.63, 3.8) is 0 Å². The van der Waals surface area contributed by atoms with Crippen LogP contribution in [-0.4, -0.2) is 11.8 Å². The molecule has 0 amide bonds. The second-order valence-electron chi connectivity index (χ2n) is 4.57. The van der Waals surface area contributed by atoms with Gasteiger partial charge in [-0.25, -0.2) is 4.79 Å². The minimum atomic E-state index is -0.543. The predicted octanol–water partition coefficient (Wildman–Crippen LogP) is 3.97. The predicted molar refractivity (Wildman–Crippen MR) is 81.2 cm³/mol. The highest BCUT2D eigenvalue weighted by Gasteiger charge is 2.19. The van der Waals surface area contributed by atoms with E-state index in [0.717, 1.165) is 5.56 Å². The van der Waals surface area contributed by atoms with Crippen molar-refractivity contribution in [2.45, 2.75) is 13.0 Å². The van der Waals surface area contributed by atoms with Crippen LogP contribution >= 0.6 is 0 Å². The van der Waals surface area contributed by atoms with Gasteiger partial charge in [-0.1, -0.05) is 55.1 Å². The molecule has 0 saturated heterocycles. The average molecular weight is 280 g/mol. The minimum absolute atomic E-state index is 0.169. The number of ether oxygens (including phenoxy) is 1. The SMILES string of the molecule is C=CC(OC(=O)c1ccccc1C(C)=O)c1ccccc1. The third-order valence-corrected chi connectivity index (χ3v) is 3.10. The van der Waals surface area contributed by atoms with Gasteiger partial charge in [0, 0.05) is 5.56 Å². The van der Waals surface area contributed by atoms with Crippen LogP contribution in [0.2, 0.25) is 0 Å². The maximum absolute atomic E-state index is 12.3. The lowest BCUT2D eigenvalue weighted by molar-refractivity contribution is 0.0390. The summed E-state index contributed by atoms with van der Waals surface area (Å²) in [5, 5.41) is 0. The Balaban J connectivity index is 2.25. The van der Waals surface area contributed by atoms with Crippen LogP contribution in [-0.2, 0) is 4.74 Å². The topological polar surface area (TPSA) is 43.4 Å². The third-order valence-electron chi connectivity index (χ3n) is 3.10. The number of carbonyl (C=O) groups is 2. The molecule has 0 aliphatic heterocycles. The second kappa shape index (κ2) is 6.66. The van der Waals surface area contributed by atoms with E-state index < -0.39 is 12.1 Å². The molecule has 1 atom stereocenters. The van der Waals surface area contributed by atoms with Gasteiger partial charge in [0.25, 0.3) is 0 Å². The van der Waals surface area contributed by atoms with E-state index in [1.807, 2.05) is 30.3 Å². The Morgan fingerprint density at radius 3 is 2.14 bits per heavy atom. The van der Waals surface area contributed by atoms with Crippen LogP contribution in [0.25, 0.3) is 0 Å². The third kappa shape index (κ3) is 3.45. The molecule has 0 bridgehead atoms. The molecule has 1 unspecified atom stereocenters. The highest BCUT2D eigenvalue weighted by atomic mass is 16.5. The molecule has 0 aromatic heterocycles. The van der Waals surface area contributed by atoms with Gasteiger partial charge in [-0.3, -0.25) is 4.79 Å². The fraction of sp³-hybridized carbons (Fsp3) is 0.111. The maximum atomic E-state index is 12.3. The van der Waals surface area contributed by atoms with E-state index in [0.29, 0.717) is 5.56 Å². The van der Waals surface area contributed by atoms with Crippen molar-refractivity contribution < 1.29 is 14.3 Å². The summed E-state index contributed by atoms with van der Waals surface area (Å²) in [6.45, 7) is 5.12.